The van der Waals surface area contributed by atoms with E-state index in [9.17, 15) is 13.2 Å². The summed E-state index contributed by atoms with van der Waals surface area (Å²) < 4.78 is 26.8. The van der Waals surface area contributed by atoms with Gasteiger partial charge in [-0.15, -0.1) is 0 Å². The highest BCUT2D eigenvalue weighted by molar-refractivity contribution is 7.92. The number of nitrogens with one attached hydrogen (secondary N) is 1. The van der Waals surface area contributed by atoms with Crippen molar-refractivity contribution in [1.82, 2.24) is 5.32 Å². The Balaban J connectivity index is 2.25. The Hall–Kier alpha value is -2.34. The number of anilines is 1. The Morgan fingerprint density at radius 1 is 1.15 bits per heavy atom. The maximum Gasteiger partial charge on any atom is 0.264 e. The lowest BCUT2D eigenvalue weighted by Crippen LogP contribution is -2.32. The molecule has 6 heteroatoms. The second kappa shape index (κ2) is 8.36. The molecule has 0 bridgehead atoms. The van der Waals surface area contributed by atoms with Crippen LogP contribution >= 0.6 is 0 Å². The summed E-state index contributed by atoms with van der Waals surface area (Å²) in [6, 6.07) is 13.4. The number of carbonyl (C=O) groups excluding carboxylic acids is 1. The van der Waals surface area contributed by atoms with Gasteiger partial charge in [0.05, 0.1) is 10.6 Å². The van der Waals surface area contributed by atoms with Gasteiger partial charge in [-0.05, 0) is 50.6 Å². The monoisotopic (exact) mass is 374 g/mol. The van der Waals surface area contributed by atoms with Crippen molar-refractivity contribution in [3.63, 3.8) is 0 Å². The van der Waals surface area contributed by atoms with Crippen molar-refractivity contribution in [1.29, 1.82) is 0 Å². The van der Waals surface area contributed by atoms with Crippen LogP contribution in [0.3, 0.4) is 0 Å². The van der Waals surface area contributed by atoms with Gasteiger partial charge in [0.2, 0.25) is 0 Å². The fraction of sp³-hybridized carbons (Fsp3) is 0.350. The molecular formula is C20H26N2O3S. The zero-order chi connectivity index (χ0) is 19.3. The largest absolute Gasteiger partial charge is 0.350 e. The summed E-state index contributed by atoms with van der Waals surface area (Å²) in [5.41, 5.74) is 1.88. The second-order valence-corrected chi connectivity index (χ2v) is 8.47. The number of nitrogens with zero attached hydrogens (tertiary/aromatic N) is 1. The number of hydrogen-bond donors (Lipinski definition) is 1. The number of hydrogen-bond acceptors (Lipinski definition) is 3. The number of aryl methyl sites for hydroxylation is 1. The predicted octanol–water partition coefficient (Wildman–Crippen LogP) is 3.74. The Labute approximate surface area is 156 Å². The molecule has 2 aromatic carbocycles. The van der Waals surface area contributed by atoms with E-state index in [0.717, 1.165) is 18.4 Å². The summed E-state index contributed by atoms with van der Waals surface area (Å²) in [5, 5.41) is 2.93. The molecule has 0 heterocycles. The van der Waals surface area contributed by atoms with Crippen LogP contribution in [0.2, 0.25) is 0 Å². The molecule has 0 aliphatic carbocycles. The Morgan fingerprint density at radius 2 is 1.81 bits per heavy atom. The first-order valence-corrected chi connectivity index (χ1v) is 10.2. The summed E-state index contributed by atoms with van der Waals surface area (Å²) in [7, 11) is -2.19. The first kappa shape index (κ1) is 20.0. The third kappa shape index (κ3) is 4.64. The lowest BCUT2D eigenvalue weighted by atomic mass is 10.1. The van der Waals surface area contributed by atoms with Crippen LogP contribution in [0.4, 0.5) is 5.69 Å². The summed E-state index contributed by atoms with van der Waals surface area (Å²) in [6.45, 7) is 5.93. The molecule has 0 fully saturated rings. The summed E-state index contributed by atoms with van der Waals surface area (Å²) in [4.78, 5) is 12.6. The average molecular weight is 375 g/mol. The van der Waals surface area contributed by atoms with Crippen molar-refractivity contribution in [3.05, 3.63) is 59.7 Å². The number of benzene rings is 2. The number of amides is 1. The van der Waals surface area contributed by atoms with Gasteiger partial charge in [0, 0.05) is 18.7 Å². The Bertz CT molecular complexity index is 861. The quantitative estimate of drug-likeness (QED) is 0.803. The molecule has 1 amide bonds. The second-order valence-electron chi connectivity index (χ2n) is 6.50. The van der Waals surface area contributed by atoms with E-state index in [1.807, 2.05) is 13.8 Å². The van der Waals surface area contributed by atoms with Crippen LogP contribution in [0.15, 0.2) is 53.4 Å². The van der Waals surface area contributed by atoms with Crippen molar-refractivity contribution in [2.75, 3.05) is 11.4 Å². The van der Waals surface area contributed by atoms with Crippen LogP contribution in [0.5, 0.6) is 0 Å². The predicted molar refractivity (Wildman–Crippen MR) is 105 cm³/mol. The molecule has 2 aromatic rings. The molecule has 2 rings (SSSR count). The molecule has 0 spiro atoms. The van der Waals surface area contributed by atoms with Crippen LogP contribution in [0, 0.1) is 6.92 Å². The van der Waals surface area contributed by atoms with E-state index in [-0.39, 0.29) is 16.8 Å². The van der Waals surface area contributed by atoms with Crippen molar-refractivity contribution in [2.45, 2.75) is 44.6 Å². The van der Waals surface area contributed by atoms with E-state index in [2.05, 4.69) is 12.2 Å². The van der Waals surface area contributed by atoms with E-state index >= 15 is 0 Å². The highest BCUT2D eigenvalue weighted by Crippen LogP contribution is 2.23. The van der Waals surface area contributed by atoms with Gasteiger partial charge in [-0.3, -0.25) is 9.10 Å². The molecule has 1 N–H and O–H groups in total. The van der Waals surface area contributed by atoms with Gasteiger partial charge in [0.1, 0.15) is 0 Å². The zero-order valence-electron chi connectivity index (χ0n) is 15.7. The first-order chi connectivity index (χ1) is 12.3. The SMILES string of the molecule is CCC[C@H](C)NC(=O)c1cccc(N(C)S(=O)(=O)c2ccc(C)cc2)c1. The van der Waals surface area contributed by atoms with Gasteiger partial charge in [0.15, 0.2) is 0 Å². The highest BCUT2D eigenvalue weighted by Gasteiger charge is 2.22. The molecule has 0 saturated heterocycles. The van der Waals surface area contributed by atoms with Crippen molar-refractivity contribution in [3.8, 4) is 0 Å². The molecule has 1 atom stereocenters. The maximum absolute atomic E-state index is 12.8. The van der Waals surface area contributed by atoms with Crippen molar-refractivity contribution in [2.24, 2.45) is 0 Å². The van der Waals surface area contributed by atoms with Gasteiger partial charge in [-0.1, -0.05) is 37.1 Å². The molecule has 0 aliphatic rings. The first-order valence-electron chi connectivity index (χ1n) is 8.72. The van der Waals surface area contributed by atoms with E-state index < -0.39 is 10.0 Å². The fourth-order valence-corrected chi connectivity index (χ4v) is 3.85. The smallest absolute Gasteiger partial charge is 0.264 e. The molecule has 0 saturated carbocycles. The topological polar surface area (TPSA) is 66.5 Å². The summed E-state index contributed by atoms with van der Waals surface area (Å²) in [5.74, 6) is -0.200. The van der Waals surface area contributed by atoms with E-state index in [4.69, 9.17) is 0 Å². The standard InChI is InChI=1S/C20H26N2O3S/c1-5-7-16(3)21-20(23)17-8-6-9-18(14-17)22(4)26(24,25)19-12-10-15(2)11-13-19/h6,8-14,16H,5,7H2,1-4H3,(H,21,23)/t16-/m0/s1. The molecule has 0 radical (unpaired) electrons. The molecular weight excluding hydrogens is 348 g/mol. The van der Waals surface area contributed by atoms with Gasteiger partial charge in [0.25, 0.3) is 15.9 Å². The van der Waals surface area contributed by atoms with Crippen molar-refractivity contribution >= 4 is 21.6 Å². The van der Waals surface area contributed by atoms with Crippen LogP contribution in [0.25, 0.3) is 0 Å². The minimum absolute atomic E-state index is 0.0742. The van der Waals surface area contributed by atoms with Crippen LogP contribution in [-0.4, -0.2) is 27.4 Å². The van der Waals surface area contributed by atoms with Crippen LogP contribution in [0.1, 0.15) is 42.6 Å². The molecule has 5 nitrogen and oxygen atoms in total. The highest BCUT2D eigenvalue weighted by atomic mass is 32.2. The normalized spacial score (nSPS) is 12.5. The molecule has 0 aliphatic heterocycles. The average Bonchev–Trinajstić information content (AvgIpc) is 2.61. The Kier molecular flexibility index (Phi) is 6.42. The van der Waals surface area contributed by atoms with E-state index in [0.29, 0.717) is 11.3 Å². The number of carbonyl (C=O) groups is 1. The zero-order valence-corrected chi connectivity index (χ0v) is 16.5. The van der Waals surface area contributed by atoms with Gasteiger partial charge in [-0.25, -0.2) is 8.42 Å². The van der Waals surface area contributed by atoms with Crippen LogP contribution in [-0.2, 0) is 10.0 Å². The van der Waals surface area contributed by atoms with Crippen molar-refractivity contribution < 1.29 is 13.2 Å². The lowest BCUT2D eigenvalue weighted by Gasteiger charge is -2.20. The van der Waals surface area contributed by atoms with Gasteiger partial charge in [-0.2, -0.15) is 0 Å². The number of sulfonamides is 1. The minimum Gasteiger partial charge on any atom is -0.350 e. The molecule has 140 valence electrons. The summed E-state index contributed by atoms with van der Waals surface area (Å²) >= 11 is 0. The van der Waals surface area contributed by atoms with Gasteiger partial charge < -0.3 is 5.32 Å². The van der Waals surface area contributed by atoms with Gasteiger partial charge >= 0.3 is 0 Å². The third-order valence-electron chi connectivity index (χ3n) is 4.25. The Morgan fingerprint density at radius 3 is 2.42 bits per heavy atom. The third-order valence-corrected chi connectivity index (χ3v) is 6.05. The molecule has 0 unspecified atom stereocenters. The number of rotatable bonds is 7. The van der Waals surface area contributed by atoms with E-state index in [1.54, 1.807) is 48.5 Å². The molecule has 26 heavy (non-hydrogen) atoms. The molecule has 0 aromatic heterocycles. The lowest BCUT2D eigenvalue weighted by molar-refractivity contribution is 0.0938. The van der Waals surface area contributed by atoms with E-state index in [1.165, 1.54) is 11.4 Å². The van der Waals surface area contributed by atoms with Crippen LogP contribution < -0.4 is 9.62 Å². The summed E-state index contributed by atoms with van der Waals surface area (Å²) in [6.07, 6.45) is 1.88. The minimum atomic E-state index is -3.68. The fourth-order valence-electron chi connectivity index (χ4n) is 2.66. The maximum atomic E-state index is 12.8.